The van der Waals surface area contributed by atoms with Crippen molar-refractivity contribution in [2.24, 2.45) is 5.92 Å². The molecule has 2 unspecified atom stereocenters. The number of nitrogens with zero attached hydrogens (tertiary/aromatic N) is 1. The lowest BCUT2D eigenvalue weighted by molar-refractivity contribution is 0.0376. The number of aliphatic hydroxyl groups is 1. The molecule has 0 saturated carbocycles. The lowest BCUT2D eigenvalue weighted by atomic mass is 9.96. The van der Waals surface area contributed by atoms with Crippen LogP contribution < -0.4 is 5.32 Å². The van der Waals surface area contributed by atoms with E-state index >= 15 is 0 Å². The van der Waals surface area contributed by atoms with Gasteiger partial charge in [0.1, 0.15) is 0 Å². The molecule has 1 aliphatic rings. The van der Waals surface area contributed by atoms with Crippen LogP contribution in [-0.4, -0.2) is 47.8 Å². The van der Waals surface area contributed by atoms with Gasteiger partial charge in [0.2, 0.25) is 0 Å². The standard InChI is InChI=1S/C13H28N2O/c1-10(2)15(11(3)12(4)16)9-13-5-7-14-8-6-13/h10-14,16H,5-9H2,1-4H3. The number of nitrogens with one attached hydrogen (secondary N) is 1. The molecule has 0 radical (unpaired) electrons. The minimum atomic E-state index is -0.246. The summed E-state index contributed by atoms with van der Waals surface area (Å²) in [6.07, 6.45) is 2.30. The van der Waals surface area contributed by atoms with Gasteiger partial charge in [-0.3, -0.25) is 4.90 Å². The van der Waals surface area contributed by atoms with Gasteiger partial charge in [-0.15, -0.1) is 0 Å². The first-order chi connectivity index (χ1) is 7.52. The molecule has 0 spiro atoms. The van der Waals surface area contributed by atoms with Gasteiger partial charge in [-0.1, -0.05) is 0 Å². The number of hydrogen-bond acceptors (Lipinski definition) is 3. The molecular weight excluding hydrogens is 200 g/mol. The third-order valence-electron chi connectivity index (χ3n) is 3.81. The normalized spacial score (nSPS) is 22.7. The highest BCUT2D eigenvalue weighted by molar-refractivity contribution is 4.79. The van der Waals surface area contributed by atoms with Gasteiger partial charge in [-0.2, -0.15) is 0 Å². The summed E-state index contributed by atoms with van der Waals surface area (Å²) in [6.45, 7) is 11.9. The highest BCUT2D eigenvalue weighted by atomic mass is 16.3. The Hall–Kier alpha value is -0.120. The van der Waals surface area contributed by atoms with Crippen LogP contribution in [0.3, 0.4) is 0 Å². The molecule has 2 atom stereocenters. The third-order valence-corrected chi connectivity index (χ3v) is 3.81. The van der Waals surface area contributed by atoms with Crippen LogP contribution in [0.2, 0.25) is 0 Å². The Kier molecular flexibility index (Phi) is 5.73. The van der Waals surface area contributed by atoms with E-state index in [1.54, 1.807) is 0 Å². The maximum atomic E-state index is 9.72. The van der Waals surface area contributed by atoms with Crippen LogP contribution in [0, 0.1) is 5.92 Å². The van der Waals surface area contributed by atoms with Crippen molar-refractivity contribution in [1.29, 1.82) is 0 Å². The Morgan fingerprint density at radius 2 is 1.75 bits per heavy atom. The molecule has 1 saturated heterocycles. The van der Waals surface area contributed by atoms with Gasteiger partial charge in [0.15, 0.2) is 0 Å². The van der Waals surface area contributed by atoms with E-state index < -0.39 is 0 Å². The quantitative estimate of drug-likeness (QED) is 0.748. The molecule has 0 aromatic rings. The van der Waals surface area contributed by atoms with Crippen LogP contribution in [0.15, 0.2) is 0 Å². The molecule has 1 fully saturated rings. The van der Waals surface area contributed by atoms with Crippen LogP contribution in [-0.2, 0) is 0 Å². The van der Waals surface area contributed by atoms with Crippen molar-refractivity contribution in [2.45, 2.75) is 58.7 Å². The largest absolute Gasteiger partial charge is 0.392 e. The first-order valence-electron chi connectivity index (χ1n) is 6.67. The van der Waals surface area contributed by atoms with E-state index in [1.807, 2.05) is 6.92 Å². The molecule has 2 N–H and O–H groups in total. The van der Waals surface area contributed by atoms with Crippen molar-refractivity contribution in [3.05, 3.63) is 0 Å². The van der Waals surface area contributed by atoms with E-state index in [9.17, 15) is 5.11 Å². The minimum absolute atomic E-state index is 0.246. The Morgan fingerprint density at radius 1 is 1.19 bits per heavy atom. The molecule has 0 aromatic heterocycles. The Labute approximate surface area is 100 Å². The monoisotopic (exact) mass is 228 g/mol. The fraction of sp³-hybridized carbons (Fsp3) is 1.00. The van der Waals surface area contributed by atoms with Crippen molar-refractivity contribution < 1.29 is 5.11 Å². The highest BCUT2D eigenvalue weighted by Gasteiger charge is 2.24. The Bertz CT molecular complexity index is 188. The number of rotatable bonds is 5. The molecule has 3 heteroatoms. The van der Waals surface area contributed by atoms with Gasteiger partial charge in [-0.05, 0) is 59.5 Å². The second kappa shape index (κ2) is 6.58. The summed E-state index contributed by atoms with van der Waals surface area (Å²) in [7, 11) is 0. The first kappa shape index (κ1) is 13.9. The van der Waals surface area contributed by atoms with E-state index in [1.165, 1.54) is 12.8 Å². The number of aliphatic hydroxyl groups excluding tert-OH is 1. The lowest BCUT2D eigenvalue weighted by Gasteiger charge is -2.38. The average molecular weight is 228 g/mol. The number of hydrogen-bond donors (Lipinski definition) is 2. The van der Waals surface area contributed by atoms with Gasteiger partial charge < -0.3 is 10.4 Å². The Morgan fingerprint density at radius 3 is 2.19 bits per heavy atom. The minimum Gasteiger partial charge on any atom is -0.392 e. The second-order valence-corrected chi connectivity index (χ2v) is 5.47. The summed E-state index contributed by atoms with van der Waals surface area (Å²) in [5.41, 5.74) is 0. The molecule has 1 rings (SSSR count). The molecule has 16 heavy (non-hydrogen) atoms. The fourth-order valence-corrected chi connectivity index (χ4v) is 2.49. The van der Waals surface area contributed by atoms with Crippen LogP contribution in [0.4, 0.5) is 0 Å². The zero-order valence-electron chi connectivity index (χ0n) is 11.2. The maximum absolute atomic E-state index is 9.72. The van der Waals surface area contributed by atoms with E-state index in [-0.39, 0.29) is 12.1 Å². The van der Waals surface area contributed by atoms with Crippen LogP contribution >= 0.6 is 0 Å². The van der Waals surface area contributed by atoms with Crippen molar-refractivity contribution in [1.82, 2.24) is 10.2 Å². The van der Waals surface area contributed by atoms with Gasteiger partial charge in [-0.25, -0.2) is 0 Å². The zero-order valence-corrected chi connectivity index (χ0v) is 11.2. The molecule has 1 heterocycles. The van der Waals surface area contributed by atoms with E-state index in [0.29, 0.717) is 6.04 Å². The van der Waals surface area contributed by atoms with Gasteiger partial charge in [0, 0.05) is 18.6 Å². The third kappa shape index (κ3) is 4.04. The second-order valence-electron chi connectivity index (χ2n) is 5.47. The van der Waals surface area contributed by atoms with Crippen LogP contribution in [0.25, 0.3) is 0 Å². The summed E-state index contributed by atoms with van der Waals surface area (Å²) in [6, 6.07) is 0.773. The Balaban J connectivity index is 2.49. The fourth-order valence-electron chi connectivity index (χ4n) is 2.49. The molecule has 3 nitrogen and oxygen atoms in total. The first-order valence-corrected chi connectivity index (χ1v) is 6.67. The van der Waals surface area contributed by atoms with Crippen LogP contribution in [0.5, 0.6) is 0 Å². The highest BCUT2D eigenvalue weighted by Crippen LogP contribution is 2.18. The average Bonchev–Trinajstić information content (AvgIpc) is 2.26. The molecule has 0 aliphatic carbocycles. The molecule has 1 aliphatic heterocycles. The summed E-state index contributed by atoms with van der Waals surface area (Å²) >= 11 is 0. The predicted molar refractivity (Wildman–Crippen MR) is 68.6 cm³/mol. The van der Waals surface area contributed by atoms with Crippen molar-refractivity contribution >= 4 is 0 Å². The molecular formula is C13H28N2O. The van der Waals surface area contributed by atoms with Crippen molar-refractivity contribution in [2.75, 3.05) is 19.6 Å². The summed E-state index contributed by atoms with van der Waals surface area (Å²) in [5.74, 6) is 0.796. The van der Waals surface area contributed by atoms with E-state index in [4.69, 9.17) is 0 Å². The van der Waals surface area contributed by atoms with Crippen LogP contribution in [0.1, 0.15) is 40.5 Å². The van der Waals surface area contributed by atoms with E-state index in [2.05, 4.69) is 31.0 Å². The zero-order chi connectivity index (χ0) is 12.1. The predicted octanol–water partition coefficient (Wildman–Crippen LogP) is 1.47. The maximum Gasteiger partial charge on any atom is 0.0664 e. The van der Waals surface area contributed by atoms with Gasteiger partial charge in [0.05, 0.1) is 6.10 Å². The van der Waals surface area contributed by atoms with Crippen molar-refractivity contribution in [3.63, 3.8) is 0 Å². The number of piperidine rings is 1. The molecule has 0 bridgehead atoms. The topological polar surface area (TPSA) is 35.5 Å². The lowest BCUT2D eigenvalue weighted by Crippen LogP contribution is -2.48. The summed E-state index contributed by atoms with van der Waals surface area (Å²) in [4.78, 5) is 2.45. The SMILES string of the molecule is CC(O)C(C)N(CC1CCNCC1)C(C)C. The molecule has 0 amide bonds. The smallest absolute Gasteiger partial charge is 0.0664 e. The molecule has 0 aromatic carbocycles. The molecule has 96 valence electrons. The van der Waals surface area contributed by atoms with E-state index in [0.717, 1.165) is 25.6 Å². The van der Waals surface area contributed by atoms with Gasteiger partial charge >= 0.3 is 0 Å². The summed E-state index contributed by atoms with van der Waals surface area (Å²) < 4.78 is 0. The summed E-state index contributed by atoms with van der Waals surface area (Å²) in [5, 5.41) is 13.1. The van der Waals surface area contributed by atoms with Gasteiger partial charge in [0.25, 0.3) is 0 Å². The van der Waals surface area contributed by atoms with Crippen molar-refractivity contribution in [3.8, 4) is 0 Å².